The molecule has 0 aliphatic carbocycles. The van der Waals surface area contributed by atoms with Gasteiger partial charge in [-0.2, -0.15) is 0 Å². The maximum atomic E-state index is 11.4. The molecule has 0 spiro atoms. The maximum absolute atomic E-state index is 11.4. The van der Waals surface area contributed by atoms with Gasteiger partial charge in [0.1, 0.15) is 0 Å². The van der Waals surface area contributed by atoms with Crippen molar-refractivity contribution < 1.29 is 9.53 Å². The molecule has 1 aromatic carbocycles. The molecule has 0 bridgehead atoms. The van der Waals surface area contributed by atoms with Gasteiger partial charge in [0, 0.05) is 25.1 Å². The topological polar surface area (TPSA) is 29.5 Å². The largest absolute Gasteiger partial charge is 0.465 e. The van der Waals surface area contributed by atoms with Gasteiger partial charge in [-0.3, -0.25) is 0 Å². The van der Waals surface area contributed by atoms with E-state index in [1.54, 1.807) is 0 Å². The summed E-state index contributed by atoms with van der Waals surface area (Å²) >= 11 is 3.38. The monoisotopic (exact) mass is 271 g/mol. The van der Waals surface area contributed by atoms with Crippen molar-refractivity contribution in [3.05, 3.63) is 29.3 Å². The molecule has 0 saturated carbocycles. The predicted octanol–water partition coefficient (Wildman–Crippen LogP) is 2.43. The minimum atomic E-state index is -0.305. The van der Waals surface area contributed by atoms with Gasteiger partial charge in [0.05, 0.1) is 12.7 Å². The zero-order valence-electron chi connectivity index (χ0n) is 9.08. The second-order valence-corrected chi connectivity index (χ2v) is 3.97. The van der Waals surface area contributed by atoms with E-state index >= 15 is 0 Å². The summed E-state index contributed by atoms with van der Waals surface area (Å²) in [5.74, 6) is -0.305. The Morgan fingerprint density at radius 3 is 2.53 bits per heavy atom. The molecule has 0 radical (unpaired) electrons. The fourth-order valence-electron chi connectivity index (χ4n) is 1.25. The van der Waals surface area contributed by atoms with Crippen LogP contribution in [0.2, 0.25) is 0 Å². The highest BCUT2D eigenvalue weighted by molar-refractivity contribution is 9.08. The predicted molar refractivity (Wildman–Crippen MR) is 64.7 cm³/mol. The number of ether oxygens (including phenoxy) is 1. The number of carbonyl (C=O) groups is 1. The van der Waals surface area contributed by atoms with Crippen molar-refractivity contribution in [2.75, 3.05) is 26.1 Å². The molecule has 0 unspecified atom stereocenters. The summed E-state index contributed by atoms with van der Waals surface area (Å²) in [5, 5.41) is 0.721. The van der Waals surface area contributed by atoms with E-state index in [1.807, 2.05) is 37.2 Å². The van der Waals surface area contributed by atoms with Crippen LogP contribution in [0.25, 0.3) is 0 Å². The van der Waals surface area contributed by atoms with Gasteiger partial charge in [-0.25, -0.2) is 4.79 Å². The fraction of sp³-hybridized carbons (Fsp3) is 0.364. The first-order chi connectivity index (χ1) is 7.08. The molecule has 0 saturated heterocycles. The first-order valence-electron chi connectivity index (χ1n) is 4.54. The average molecular weight is 272 g/mol. The van der Waals surface area contributed by atoms with E-state index in [2.05, 4.69) is 15.9 Å². The second-order valence-electron chi connectivity index (χ2n) is 3.41. The lowest BCUT2D eigenvalue weighted by atomic mass is 10.1. The Bertz CT molecular complexity index is 364. The Morgan fingerprint density at radius 2 is 2.07 bits per heavy atom. The summed E-state index contributed by atoms with van der Waals surface area (Å²) in [4.78, 5) is 13.4. The van der Waals surface area contributed by atoms with Gasteiger partial charge in [0.15, 0.2) is 0 Å². The van der Waals surface area contributed by atoms with Gasteiger partial charge >= 0.3 is 5.97 Å². The number of halogens is 1. The lowest BCUT2D eigenvalue weighted by molar-refractivity contribution is 0.0600. The van der Waals surface area contributed by atoms with Crippen molar-refractivity contribution >= 4 is 27.6 Å². The van der Waals surface area contributed by atoms with Crippen LogP contribution in [0.5, 0.6) is 0 Å². The zero-order valence-corrected chi connectivity index (χ0v) is 10.7. The molecule has 0 atom stereocenters. The van der Waals surface area contributed by atoms with Gasteiger partial charge in [-0.05, 0) is 23.8 Å². The molecule has 1 rings (SSSR count). The first-order valence-corrected chi connectivity index (χ1v) is 5.66. The average Bonchev–Trinajstić information content (AvgIpc) is 2.27. The van der Waals surface area contributed by atoms with Crippen molar-refractivity contribution in [2.24, 2.45) is 0 Å². The van der Waals surface area contributed by atoms with Crippen LogP contribution >= 0.6 is 15.9 Å². The van der Waals surface area contributed by atoms with E-state index in [4.69, 9.17) is 4.74 Å². The number of methoxy groups -OCH3 is 1. The number of benzene rings is 1. The molecule has 0 fully saturated rings. The summed E-state index contributed by atoms with van der Waals surface area (Å²) in [5.41, 5.74) is 2.63. The number of anilines is 1. The molecule has 0 aliphatic rings. The van der Waals surface area contributed by atoms with Crippen LogP contribution in [0.15, 0.2) is 18.2 Å². The number of esters is 1. The molecular formula is C11H14BrNO2. The molecule has 3 nitrogen and oxygen atoms in total. The van der Waals surface area contributed by atoms with Crippen LogP contribution in [0, 0.1) is 0 Å². The van der Waals surface area contributed by atoms with E-state index in [1.165, 1.54) is 7.11 Å². The molecule has 1 aromatic rings. The zero-order chi connectivity index (χ0) is 11.4. The molecule has 0 aliphatic heterocycles. The Kier molecular flexibility index (Phi) is 4.15. The summed E-state index contributed by atoms with van der Waals surface area (Å²) < 4.78 is 4.70. The van der Waals surface area contributed by atoms with Crippen molar-refractivity contribution in [2.45, 2.75) is 5.33 Å². The summed E-state index contributed by atoms with van der Waals surface area (Å²) in [7, 11) is 5.27. The molecule has 15 heavy (non-hydrogen) atoms. The third kappa shape index (κ3) is 2.96. The Balaban J connectivity index is 3.17. The maximum Gasteiger partial charge on any atom is 0.337 e. The quantitative estimate of drug-likeness (QED) is 0.625. The minimum Gasteiger partial charge on any atom is -0.465 e. The van der Waals surface area contributed by atoms with Crippen LogP contribution in [0.4, 0.5) is 5.69 Å². The minimum absolute atomic E-state index is 0.305. The Labute approximate surface area is 98.2 Å². The van der Waals surface area contributed by atoms with Gasteiger partial charge in [0.25, 0.3) is 0 Å². The SMILES string of the molecule is COC(=O)c1cc(CBr)cc(N(C)C)c1. The van der Waals surface area contributed by atoms with Crippen molar-refractivity contribution in [3.8, 4) is 0 Å². The van der Waals surface area contributed by atoms with Crippen molar-refractivity contribution in [1.29, 1.82) is 0 Å². The van der Waals surface area contributed by atoms with E-state index in [0.29, 0.717) is 5.56 Å². The fourth-order valence-corrected chi connectivity index (χ4v) is 1.57. The van der Waals surface area contributed by atoms with Gasteiger partial charge in [0.2, 0.25) is 0 Å². The third-order valence-electron chi connectivity index (χ3n) is 2.07. The van der Waals surface area contributed by atoms with E-state index in [9.17, 15) is 4.79 Å². The van der Waals surface area contributed by atoms with Crippen LogP contribution in [0.3, 0.4) is 0 Å². The summed E-state index contributed by atoms with van der Waals surface area (Å²) in [6, 6.07) is 5.67. The van der Waals surface area contributed by atoms with Crippen LogP contribution in [-0.2, 0) is 10.1 Å². The van der Waals surface area contributed by atoms with Gasteiger partial charge < -0.3 is 9.64 Å². The number of hydrogen-bond acceptors (Lipinski definition) is 3. The molecule has 82 valence electrons. The van der Waals surface area contributed by atoms with E-state index in [0.717, 1.165) is 16.6 Å². The first kappa shape index (κ1) is 12.0. The number of carbonyl (C=O) groups excluding carboxylic acids is 1. The Morgan fingerprint density at radius 1 is 1.40 bits per heavy atom. The highest BCUT2D eigenvalue weighted by atomic mass is 79.9. The summed E-state index contributed by atoms with van der Waals surface area (Å²) in [6.45, 7) is 0. The summed E-state index contributed by atoms with van der Waals surface area (Å²) in [6.07, 6.45) is 0. The number of nitrogens with zero attached hydrogens (tertiary/aromatic N) is 1. The van der Waals surface area contributed by atoms with Crippen molar-refractivity contribution in [1.82, 2.24) is 0 Å². The molecule has 0 N–H and O–H groups in total. The lowest BCUT2D eigenvalue weighted by Crippen LogP contribution is -2.11. The molecule has 0 aromatic heterocycles. The molecular weight excluding hydrogens is 258 g/mol. The number of rotatable bonds is 3. The lowest BCUT2D eigenvalue weighted by Gasteiger charge is -2.14. The van der Waals surface area contributed by atoms with Crippen LogP contribution < -0.4 is 4.90 Å². The normalized spacial score (nSPS) is 9.87. The number of hydrogen-bond donors (Lipinski definition) is 0. The molecule has 0 heterocycles. The van der Waals surface area contributed by atoms with Crippen molar-refractivity contribution in [3.63, 3.8) is 0 Å². The van der Waals surface area contributed by atoms with Crippen LogP contribution in [0.1, 0.15) is 15.9 Å². The standard InChI is InChI=1S/C11H14BrNO2/c1-13(2)10-5-8(7-12)4-9(6-10)11(14)15-3/h4-6H,7H2,1-3H3. The van der Waals surface area contributed by atoms with Gasteiger partial charge in [-0.15, -0.1) is 0 Å². The smallest absolute Gasteiger partial charge is 0.337 e. The molecule has 0 amide bonds. The highest BCUT2D eigenvalue weighted by Gasteiger charge is 2.09. The van der Waals surface area contributed by atoms with E-state index in [-0.39, 0.29) is 5.97 Å². The third-order valence-corrected chi connectivity index (χ3v) is 2.72. The Hall–Kier alpha value is -1.03. The highest BCUT2D eigenvalue weighted by Crippen LogP contribution is 2.19. The number of alkyl halides is 1. The van der Waals surface area contributed by atoms with Crippen LogP contribution in [-0.4, -0.2) is 27.2 Å². The van der Waals surface area contributed by atoms with Gasteiger partial charge in [-0.1, -0.05) is 15.9 Å². The molecule has 4 heteroatoms. The second kappa shape index (κ2) is 5.16. The van der Waals surface area contributed by atoms with E-state index < -0.39 is 0 Å².